The van der Waals surface area contributed by atoms with Gasteiger partial charge in [-0.3, -0.25) is 9.59 Å². The van der Waals surface area contributed by atoms with Crippen LogP contribution in [0.1, 0.15) is 41.6 Å². The van der Waals surface area contributed by atoms with Crippen molar-refractivity contribution in [2.24, 2.45) is 5.92 Å². The number of carbonyl (C=O) groups is 2. The largest absolute Gasteiger partial charge is 0.342 e. The lowest BCUT2D eigenvalue weighted by molar-refractivity contribution is -0.113. The minimum absolute atomic E-state index is 0.0618. The summed E-state index contributed by atoms with van der Waals surface area (Å²) in [6.07, 6.45) is 1.75. The molecule has 2 aromatic carbocycles. The summed E-state index contributed by atoms with van der Waals surface area (Å²) in [5.74, 6) is 0.483. The van der Waals surface area contributed by atoms with Gasteiger partial charge in [-0.2, -0.15) is 0 Å². The van der Waals surface area contributed by atoms with Crippen LogP contribution in [0, 0.1) is 12.8 Å². The minimum Gasteiger partial charge on any atom is -0.342 e. The number of allylic oxidation sites excluding steroid dienone is 1. The number of nitrogens with zero attached hydrogens (tertiary/aromatic N) is 4. The molecule has 0 radical (unpaired) electrons. The van der Waals surface area contributed by atoms with Crippen molar-refractivity contribution in [3.05, 3.63) is 78.1 Å². The van der Waals surface area contributed by atoms with Gasteiger partial charge in [-0.1, -0.05) is 72.9 Å². The Labute approximate surface area is 218 Å². The van der Waals surface area contributed by atoms with Crippen LogP contribution in [0.3, 0.4) is 0 Å². The molecule has 0 bridgehead atoms. The molecular formula is C26H28N6O2S2. The Morgan fingerprint density at radius 2 is 1.97 bits per heavy atom. The number of rotatable bonds is 10. The molecular weight excluding hydrogens is 492 g/mol. The Hall–Kier alpha value is -3.50. The maximum absolute atomic E-state index is 13.0. The summed E-state index contributed by atoms with van der Waals surface area (Å²) >= 11 is 2.72. The zero-order valence-corrected chi connectivity index (χ0v) is 22.0. The smallest absolute Gasteiger partial charge is 0.251 e. The van der Waals surface area contributed by atoms with Gasteiger partial charge in [0.25, 0.3) is 5.91 Å². The number of para-hydroxylation sites is 1. The molecule has 0 aliphatic heterocycles. The second-order valence-electron chi connectivity index (χ2n) is 8.63. The molecule has 0 saturated carbocycles. The summed E-state index contributed by atoms with van der Waals surface area (Å²) in [4.78, 5) is 30.0. The fourth-order valence-electron chi connectivity index (χ4n) is 3.69. The van der Waals surface area contributed by atoms with Gasteiger partial charge in [0.05, 0.1) is 22.0 Å². The molecule has 10 heteroatoms. The number of amides is 2. The van der Waals surface area contributed by atoms with E-state index in [1.165, 1.54) is 23.1 Å². The van der Waals surface area contributed by atoms with Gasteiger partial charge in [-0.05, 0) is 37.1 Å². The highest BCUT2D eigenvalue weighted by molar-refractivity contribution is 7.99. The van der Waals surface area contributed by atoms with Crippen LogP contribution in [0.2, 0.25) is 0 Å². The van der Waals surface area contributed by atoms with Crippen molar-refractivity contribution in [2.45, 2.75) is 38.5 Å². The average molecular weight is 521 g/mol. The number of aromatic nitrogens is 4. The van der Waals surface area contributed by atoms with Crippen molar-refractivity contribution in [3.63, 3.8) is 0 Å². The number of hydrogen-bond acceptors (Lipinski definition) is 7. The predicted molar refractivity (Wildman–Crippen MR) is 145 cm³/mol. The van der Waals surface area contributed by atoms with Gasteiger partial charge < -0.3 is 15.2 Å². The number of aryl methyl sites for hydroxylation is 1. The van der Waals surface area contributed by atoms with E-state index in [9.17, 15) is 9.59 Å². The van der Waals surface area contributed by atoms with Crippen LogP contribution < -0.4 is 10.6 Å². The van der Waals surface area contributed by atoms with E-state index in [2.05, 4.69) is 32.4 Å². The zero-order chi connectivity index (χ0) is 25.7. The van der Waals surface area contributed by atoms with E-state index in [4.69, 9.17) is 0 Å². The molecule has 2 heterocycles. The lowest BCUT2D eigenvalue weighted by atomic mass is 10.0. The standard InChI is InChI=1S/C26H28N6O2S2/c1-5-13-32-23(22(16(2)3)29-24(34)18-10-8-9-17(4)14-18)30-31-26(32)35-15-21(33)28-25-27-19-11-6-7-12-20(19)36-25/h5-12,14,16,22H,1,13,15H2,2-4H3,(H,29,34)(H,27,28,33)/t22-/m0/s1. The lowest BCUT2D eigenvalue weighted by Gasteiger charge is -2.22. The highest BCUT2D eigenvalue weighted by Gasteiger charge is 2.26. The number of thioether (sulfide) groups is 1. The van der Waals surface area contributed by atoms with Crippen LogP contribution in [-0.4, -0.2) is 37.3 Å². The van der Waals surface area contributed by atoms with Gasteiger partial charge in [-0.25, -0.2) is 4.98 Å². The molecule has 0 aliphatic carbocycles. The molecule has 0 saturated heterocycles. The number of benzene rings is 2. The normalized spacial score (nSPS) is 12.0. The minimum atomic E-state index is -0.364. The van der Waals surface area contributed by atoms with E-state index in [1.807, 2.05) is 67.8 Å². The summed E-state index contributed by atoms with van der Waals surface area (Å²) in [5.41, 5.74) is 2.46. The molecule has 2 aromatic heterocycles. The number of fused-ring (bicyclic) bond motifs is 1. The van der Waals surface area contributed by atoms with E-state index in [1.54, 1.807) is 12.1 Å². The van der Waals surface area contributed by atoms with Crippen molar-refractivity contribution >= 4 is 50.3 Å². The molecule has 2 N–H and O–H groups in total. The average Bonchev–Trinajstić information content (AvgIpc) is 3.44. The van der Waals surface area contributed by atoms with Gasteiger partial charge in [0.15, 0.2) is 16.1 Å². The van der Waals surface area contributed by atoms with E-state index in [0.29, 0.717) is 28.2 Å². The zero-order valence-electron chi connectivity index (χ0n) is 20.4. The van der Waals surface area contributed by atoms with E-state index >= 15 is 0 Å². The fourth-order valence-corrected chi connectivity index (χ4v) is 5.33. The van der Waals surface area contributed by atoms with Gasteiger partial charge in [0.2, 0.25) is 5.91 Å². The van der Waals surface area contributed by atoms with Crippen LogP contribution in [-0.2, 0) is 11.3 Å². The first-order valence-corrected chi connectivity index (χ1v) is 13.4. The maximum Gasteiger partial charge on any atom is 0.251 e. The number of thiazole rings is 1. The third-order valence-corrected chi connectivity index (χ3v) is 7.36. The second kappa shape index (κ2) is 11.5. The topological polar surface area (TPSA) is 102 Å². The Bertz CT molecular complexity index is 1360. The van der Waals surface area contributed by atoms with Crippen molar-refractivity contribution in [2.75, 3.05) is 11.1 Å². The van der Waals surface area contributed by atoms with Gasteiger partial charge in [0, 0.05) is 12.1 Å². The van der Waals surface area contributed by atoms with Crippen LogP contribution in [0.4, 0.5) is 5.13 Å². The summed E-state index contributed by atoms with van der Waals surface area (Å²) in [6, 6.07) is 14.8. The van der Waals surface area contributed by atoms with Gasteiger partial charge in [-0.15, -0.1) is 16.8 Å². The summed E-state index contributed by atoms with van der Waals surface area (Å²) in [7, 11) is 0. The van der Waals surface area contributed by atoms with E-state index in [0.717, 1.165) is 15.8 Å². The Kier molecular flexibility index (Phi) is 8.17. The first-order chi connectivity index (χ1) is 17.4. The Balaban J connectivity index is 1.47. The van der Waals surface area contributed by atoms with Crippen molar-refractivity contribution in [1.82, 2.24) is 25.1 Å². The Morgan fingerprint density at radius 1 is 1.17 bits per heavy atom. The monoisotopic (exact) mass is 520 g/mol. The summed E-state index contributed by atoms with van der Waals surface area (Å²) < 4.78 is 2.91. The molecule has 0 fully saturated rings. The SMILES string of the molecule is C=CCn1c(SCC(=O)Nc2nc3ccccc3s2)nnc1[C@@H](NC(=O)c1cccc(C)c1)C(C)C. The molecule has 2 amide bonds. The van der Waals surface area contributed by atoms with Crippen molar-refractivity contribution < 1.29 is 9.59 Å². The highest BCUT2D eigenvalue weighted by atomic mass is 32.2. The lowest BCUT2D eigenvalue weighted by Crippen LogP contribution is -2.34. The molecule has 186 valence electrons. The fraction of sp³-hybridized carbons (Fsp3) is 0.269. The number of hydrogen-bond donors (Lipinski definition) is 2. The molecule has 0 spiro atoms. The van der Waals surface area contributed by atoms with Crippen LogP contribution in [0.5, 0.6) is 0 Å². The van der Waals surface area contributed by atoms with E-state index < -0.39 is 0 Å². The summed E-state index contributed by atoms with van der Waals surface area (Å²) in [6.45, 7) is 10.3. The second-order valence-corrected chi connectivity index (χ2v) is 10.6. The molecule has 8 nitrogen and oxygen atoms in total. The number of anilines is 1. The van der Waals surface area contributed by atoms with Crippen molar-refractivity contribution in [3.8, 4) is 0 Å². The van der Waals surface area contributed by atoms with Crippen LogP contribution >= 0.6 is 23.1 Å². The molecule has 36 heavy (non-hydrogen) atoms. The molecule has 0 aliphatic rings. The third kappa shape index (κ3) is 6.00. The van der Waals surface area contributed by atoms with Gasteiger partial charge >= 0.3 is 0 Å². The number of carbonyl (C=O) groups excluding carboxylic acids is 2. The first kappa shape index (κ1) is 25.6. The third-order valence-electron chi connectivity index (χ3n) is 5.44. The maximum atomic E-state index is 13.0. The van der Waals surface area contributed by atoms with Gasteiger partial charge in [0.1, 0.15) is 0 Å². The molecule has 4 rings (SSSR count). The number of nitrogens with one attached hydrogen (secondary N) is 2. The summed E-state index contributed by atoms with van der Waals surface area (Å²) in [5, 5.41) is 15.8. The van der Waals surface area contributed by atoms with E-state index in [-0.39, 0.29) is 29.5 Å². The van der Waals surface area contributed by atoms with Crippen LogP contribution in [0.15, 0.2) is 66.3 Å². The Morgan fingerprint density at radius 3 is 2.69 bits per heavy atom. The molecule has 0 unspecified atom stereocenters. The molecule has 4 aromatic rings. The van der Waals surface area contributed by atoms with Crippen LogP contribution in [0.25, 0.3) is 10.2 Å². The quantitative estimate of drug-likeness (QED) is 0.219. The first-order valence-electron chi connectivity index (χ1n) is 11.6. The van der Waals surface area contributed by atoms with Crippen molar-refractivity contribution in [1.29, 1.82) is 0 Å². The molecule has 1 atom stereocenters. The highest BCUT2D eigenvalue weighted by Crippen LogP contribution is 2.27. The predicted octanol–water partition coefficient (Wildman–Crippen LogP) is 5.24.